The maximum atomic E-state index is 11.2. The summed E-state index contributed by atoms with van der Waals surface area (Å²) in [7, 11) is 1.60. The van der Waals surface area contributed by atoms with Gasteiger partial charge in [-0.3, -0.25) is 0 Å². The molecule has 0 radical (unpaired) electrons. The first-order valence-corrected chi connectivity index (χ1v) is 7.67. The SMILES string of the molecule is COc1ccc(Oc2c(Cl)ccc(C(=O)O)c2Cl)cc1C(C)C. The summed E-state index contributed by atoms with van der Waals surface area (Å²) in [5.74, 6) is 0.455. The van der Waals surface area contributed by atoms with Crippen LogP contribution >= 0.6 is 23.2 Å². The molecule has 0 aliphatic carbocycles. The molecule has 2 rings (SSSR count). The molecule has 2 aromatic carbocycles. The van der Waals surface area contributed by atoms with Gasteiger partial charge in [0.15, 0.2) is 5.75 Å². The average Bonchev–Trinajstić information content (AvgIpc) is 2.50. The number of carboxylic acids is 1. The van der Waals surface area contributed by atoms with Crippen LogP contribution < -0.4 is 9.47 Å². The van der Waals surface area contributed by atoms with Crippen LogP contribution in [0.2, 0.25) is 10.0 Å². The number of aromatic carboxylic acids is 1. The predicted molar refractivity (Wildman–Crippen MR) is 90.6 cm³/mol. The maximum Gasteiger partial charge on any atom is 0.337 e. The van der Waals surface area contributed by atoms with Crippen molar-refractivity contribution in [3.05, 3.63) is 51.5 Å². The molecule has 0 spiro atoms. The van der Waals surface area contributed by atoms with Gasteiger partial charge in [0.25, 0.3) is 0 Å². The van der Waals surface area contributed by atoms with Gasteiger partial charge in [-0.15, -0.1) is 0 Å². The summed E-state index contributed by atoms with van der Waals surface area (Å²) >= 11 is 12.2. The minimum atomic E-state index is -1.14. The lowest BCUT2D eigenvalue weighted by Gasteiger charge is -2.15. The van der Waals surface area contributed by atoms with Crippen molar-refractivity contribution < 1.29 is 19.4 Å². The molecule has 0 amide bonds. The number of benzene rings is 2. The largest absolute Gasteiger partial charge is 0.496 e. The van der Waals surface area contributed by atoms with Crippen molar-refractivity contribution in [2.75, 3.05) is 7.11 Å². The smallest absolute Gasteiger partial charge is 0.337 e. The normalized spacial score (nSPS) is 10.7. The second-order valence-electron chi connectivity index (χ2n) is 5.20. The van der Waals surface area contributed by atoms with Crippen molar-refractivity contribution in [2.45, 2.75) is 19.8 Å². The molecule has 0 saturated carbocycles. The second-order valence-corrected chi connectivity index (χ2v) is 5.99. The van der Waals surface area contributed by atoms with Crippen molar-refractivity contribution in [2.24, 2.45) is 0 Å². The van der Waals surface area contributed by atoms with Crippen LogP contribution in [0.4, 0.5) is 0 Å². The van der Waals surface area contributed by atoms with Gasteiger partial charge in [0.05, 0.1) is 22.7 Å². The molecule has 0 heterocycles. The summed E-state index contributed by atoms with van der Waals surface area (Å²) in [6, 6.07) is 8.11. The van der Waals surface area contributed by atoms with Crippen molar-refractivity contribution in [3.8, 4) is 17.2 Å². The molecular formula is C17H16Cl2O4. The summed E-state index contributed by atoms with van der Waals surface area (Å²) < 4.78 is 11.1. The lowest BCUT2D eigenvalue weighted by Crippen LogP contribution is -2.00. The van der Waals surface area contributed by atoms with Crippen molar-refractivity contribution in [3.63, 3.8) is 0 Å². The second kappa shape index (κ2) is 7.11. The lowest BCUT2D eigenvalue weighted by molar-refractivity contribution is 0.0696. The van der Waals surface area contributed by atoms with E-state index < -0.39 is 5.97 Å². The Balaban J connectivity index is 2.45. The molecule has 0 fully saturated rings. The van der Waals surface area contributed by atoms with Crippen LogP contribution in [-0.2, 0) is 0 Å². The number of rotatable bonds is 5. The van der Waals surface area contributed by atoms with E-state index >= 15 is 0 Å². The molecule has 0 aromatic heterocycles. The van der Waals surface area contributed by atoms with E-state index in [1.54, 1.807) is 19.2 Å². The van der Waals surface area contributed by atoms with Gasteiger partial charge in [-0.2, -0.15) is 0 Å². The Morgan fingerprint density at radius 2 is 1.87 bits per heavy atom. The average molecular weight is 355 g/mol. The Morgan fingerprint density at radius 1 is 1.17 bits per heavy atom. The monoisotopic (exact) mass is 354 g/mol. The Kier molecular flexibility index (Phi) is 5.39. The first kappa shape index (κ1) is 17.4. The van der Waals surface area contributed by atoms with Gasteiger partial charge >= 0.3 is 5.97 Å². The number of halogens is 2. The summed E-state index contributed by atoms with van der Waals surface area (Å²) in [5.41, 5.74) is 0.898. The fourth-order valence-electron chi connectivity index (χ4n) is 2.14. The third-order valence-corrected chi connectivity index (χ3v) is 4.00. The molecule has 0 saturated heterocycles. The van der Waals surface area contributed by atoms with Gasteiger partial charge in [-0.25, -0.2) is 4.79 Å². The zero-order valence-electron chi connectivity index (χ0n) is 12.9. The first-order chi connectivity index (χ1) is 10.8. The molecule has 0 aliphatic heterocycles. The van der Waals surface area contributed by atoms with Crippen LogP contribution in [0.15, 0.2) is 30.3 Å². The minimum Gasteiger partial charge on any atom is -0.496 e. The van der Waals surface area contributed by atoms with Crippen molar-refractivity contribution >= 4 is 29.2 Å². The molecule has 0 atom stereocenters. The van der Waals surface area contributed by atoms with E-state index in [2.05, 4.69) is 0 Å². The van der Waals surface area contributed by atoms with E-state index in [9.17, 15) is 4.79 Å². The van der Waals surface area contributed by atoms with E-state index in [1.807, 2.05) is 19.9 Å². The topological polar surface area (TPSA) is 55.8 Å². The summed E-state index contributed by atoms with van der Waals surface area (Å²) in [5, 5.41) is 9.34. The van der Waals surface area contributed by atoms with Crippen LogP contribution in [0.1, 0.15) is 35.7 Å². The van der Waals surface area contributed by atoms with E-state index in [0.29, 0.717) is 5.75 Å². The number of carbonyl (C=O) groups is 1. The van der Waals surface area contributed by atoms with Crippen LogP contribution in [0.5, 0.6) is 17.2 Å². The van der Waals surface area contributed by atoms with Crippen LogP contribution in [0, 0.1) is 0 Å². The minimum absolute atomic E-state index is 0.0353. The number of hydrogen-bond acceptors (Lipinski definition) is 3. The molecular weight excluding hydrogens is 339 g/mol. The highest BCUT2D eigenvalue weighted by molar-refractivity contribution is 6.39. The first-order valence-electron chi connectivity index (χ1n) is 6.92. The zero-order chi connectivity index (χ0) is 17.1. The Labute approximate surface area is 144 Å². The summed E-state index contributed by atoms with van der Waals surface area (Å²) in [6.45, 7) is 4.07. The number of ether oxygens (including phenoxy) is 2. The van der Waals surface area contributed by atoms with E-state index in [1.165, 1.54) is 12.1 Å². The van der Waals surface area contributed by atoms with Crippen molar-refractivity contribution in [1.29, 1.82) is 0 Å². The van der Waals surface area contributed by atoms with Crippen LogP contribution in [0.3, 0.4) is 0 Å². The van der Waals surface area contributed by atoms with Gasteiger partial charge in [-0.1, -0.05) is 37.0 Å². The van der Waals surface area contributed by atoms with Gasteiger partial charge in [0, 0.05) is 5.56 Å². The summed E-state index contributed by atoms with van der Waals surface area (Å²) in [4.78, 5) is 11.2. The molecule has 1 N–H and O–H groups in total. The van der Waals surface area contributed by atoms with Gasteiger partial charge < -0.3 is 14.6 Å². The fourth-order valence-corrected chi connectivity index (χ4v) is 2.66. The zero-order valence-corrected chi connectivity index (χ0v) is 14.4. The van der Waals surface area contributed by atoms with E-state index in [4.69, 9.17) is 37.8 Å². The van der Waals surface area contributed by atoms with Crippen LogP contribution in [0.25, 0.3) is 0 Å². The molecule has 2 aromatic rings. The molecule has 4 nitrogen and oxygen atoms in total. The lowest BCUT2D eigenvalue weighted by atomic mass is 10.0. The molecule has 23 heavy (non-hydrogen) atoms. The molecule has 0 unspecified atom stereocenters. The Bertz CT molecular complexity index is 742. The highest BCUT2D eigenvalue weighted by atomic mass is 35.5. The quantitative estimate of drug-likeness (QED) is 0.757. The fraction of sp³-hybridized carbons (Fsp3) is 0.235. The molecule has 0 aliphatic rings. The van der Waals surface area contributed by atoms with Crippen LogP contribution in [-0.4, -0.2) is 18.2 Å². The van der Waals surface area contributed by atoms with E-state index in [0.717, 1.165) is 11.3 Å². The third kappa shape index (κ3) is 3.71. The molecule has 0 bridgehead atoms. The maximum absolute atomic E-state index is 11.2. The highest BCUT2D eigenvalue weighted by Crippen LogP contribution is 2.40. The van der Waals surface area contributed by atoms with Gasteiger partial charge in [-0.05, 0) is 36.2 Å². The molecule has 122 valence electrons. The van der Waals surface area contributed by atoms with Gasteiger partial charge in [0.2, 0.25) is 0 Å². The highest BCUT2D eigenvalue weighted by Gasteiger charge is 2.18. The third-order valence-electron chi connectivity index (χ3n) is 3.32. The Morgan fingerprint density at radius 3 is 2.43 bits per heavy atom. The Hall–Kier alpha value is -1.91. The summed E-state index contributed by atoms with van der Waals surface area (Å²) in [6.07, 6.45) is 0. The number of methoxy groups -OCH3 is 1. The predicted octanol–water partition coefficient (Wildman–Crippen LogP) is 5.62. The van der Waals surface area contributed by atoms with E-state index in [-0.39, 0.29) is 27.3 Å². The van der Waals surface area contributed by atoms with Crippen molar-refractivity contribution in [1.82, 2.24) is 0 Å². The number of hydrogen-bond donors (Lipinski definition) is 1. The van der Waals surface area contributed by atoms with Gasteiger partial charge in [0.1, 0.15) is 11.5 Å². The molecule has 6 heteroatoms. The number of carboxylic acid groups (broad SMARTS) is 1. The standard InChI is InChI=1S/C17H16Cl2O4/c1-9(2)12-8-10(4-7-14(12)22-3)23-16-13(18)6-5-11(15(16)19)17(20)21/h4-9H,1-3H3,(H,20,21).